The quantitative estimate of drug-likeness (QED) is 0.439. The number of fused-ring (bicyclic) bond motifs is 1. The molecule has 186 valence electrons. The molecule has 1 aliphatic carbocycles. The van der Waals surface area contributed by atoms with Gasteiger partial charge in [0.1, 0.15) is 0 Å². The van der Waals surface area contributed by atoms with E-state index >= 15 is 0 Å². The van der Waals surface area contributed by atoms with Gasteiger partial charge in [0.05, 0.1) is 24.4 Å². The number of hydrogen-bond donors (Lipinski definition) is 2. The summed E-state index contributed by atoms with van der Waals surface area (Å²) in [4.78, 5) is 24.8. The molecule has 0 atom stereocenters. The number of rotatable bonds is 9. The van der Waals surface area contributed by atoms with E-state index in [1.165, 1.54) is 12.8 Å². The van der Waals surface area contributed by atoms with Gasteiger partial charge in [0, 0.05) is 30.8 Å². The van der Waals surface area contributed by atoms with Crippen LogP contribution in [-0.2, 0) is 29.0 Å². The molecule has 0 radical (unpaired) electrons. The van der Waals surface area contributed by atoms with Crippen LogP contribution in [-0.4, -0.2) is 30.0 Å². The highest BCUT2D eigenvalue weighted by Gasteiger charge is 2.36. The summed E-state index contributed by atoms with van der Waals surface area (Å²) in [6, 6.07) is 19.8. The number of hydrogen-bond acceptors (Lipinski definition) is 6. The van der Waals surface area contributed by atoms with Gasteiger partial charge in [0.25, 0.3) is 0 Å². The molecule has 3 aromatic carbocycles. The Bertz CT molecular complexity index is 1300. The van der Waals surface area contributed by atoms with Gasteiger partial charge in [-0.2, -0.15) is 0 Å². The first-order valence-corrected chi connectivity index (χ1v) is 12.5. The summed E-state index contributed by atoms with van der Waals surface area (Å²) >= 11 is 0. The van der Waals surface area contributed by atoms with Crippen molar-refractivity contribution in [3.63, 3.8) is 0 Å². The lowest BCUT2D eigenvalue weighted by Gasteiger charge is -2.32. The molecule has 1 saturated carbocycles. The van der Waals surface area contributed by atoms with E-state index in [0.29, 0.717) is 31.2 Å². The lowest BCUT2D eigenvalue weighted by atomic mass is 9.94. The molecule has 4 N–H and O–H groups in total. The lowest BCUT2D eigenvalue weighted by Crippen LogP contribution is -2.36. The van der Waals surface area contributed by atoms with Crippen LogP contribution < -0.4 is 16.5 Å². The van der Waals surface area contributed by atoms with Crippen LogP contribution in [0.2, 0.25) is 0 Å². The first kappa shape index (κ1) is 24.0. The molecule has 3 aromatic rings. The number of hydrazine groups is 1. The van der Waals surface area contributed by atoms with Gasteiger partial charge in [0.2, 0.25) is 5.91 Å². The van der Waals surface area contributed by atoms with Crippen LogP contribution in [0.3, 0.4) is 0 Å². The largest absolute Gasteiger partial charge is 0.466 e. The molecule has 1 heterocycles. The number of carbonyl (C=O) groups is 2. The molecular weight excluding hydrogens is 452 g/mol. The predicted octanol–water partition coefficient (Wildman–Crippen LogP) is 4.30. The van der Waals surface area contributed by atoms with Crippen LogP contribution in [0.25, 0.3) is 11.1 Å². The highest BCUT2D eigenvalue weighted by Crippen LogP contribution is 2.46. The molecule has 0 unspecified atom stereocenters. The fraction of sp³-hybridized carbons (Fsp3) is 0.310. The highest BCUT2D eigenvalue weighted by atomic mass is 16.5. The van der Waals surface area contributed by atoms with Crippen LogP contribution >= 0.6 is 0 Å². The Morgan fingerprint density at radius 3 is 2.56 bits per heavy atom. The van der Waals surface area contributed by atoms with Gasteiger partial charge in [0.15, 0.2) is 0 Å². The molecule has 0 saturated heterocycles. The van der Waals surface area contributed by atoms with Gasteiger partial charge in [-0.1, -0.05) is 36.4 Å². The molecule has 1 fully saturated rings. The van der Waals surface area contributed by atoms with Crippen LogP contribution in [0.4, 0.5) is 11.4 Å². The molecule has 7 nitrogen and oxygen atoms in total. The van der Waals surface area contributed by atoms with Gasteiger partial charge < -0.3 is 16.2 Å². The Morgan fingerprint density at radius 2 is 1.83 bits per heavy atom. The normalized spacial score (nSPS) is 15.1. The van der Waals surface area contributed by atoms with Gasteiger partial charge in [-0.05, 0) is 72.2 Å². The second-order valence-corrected chi connectivity index (χ2v) is 9.50. The Kier molecular flexibility index (Phi) is 6.76. The molecule has 0 aromatic heterocycles. The van der Waals surface area contributed by atoms with Crippen molar-refractivity contribution < 1.29 is 14.3 Å². The second-order valence-electron chi connectivity index (χ2n) is 9.50. The topological polar surface area (TPSA) is 102 Å². The molecule has 7 heteroatoms. The number of amides is 1. The number of nitrogens with zero attached hydrogens (tertiary/aromatic N) is 2. The number of carbonyl (C=O) groups excluding carboxylic acids is 2. The van der Waals surface area contributed by atoms with E-state index in [2.05, 4.69) is 16.1 Å². The maximum absolute atomic E-state index is 12.4. The Labute approximate surface area is 211 Å². The SMILES string of the molecule is CCOC(=O)Cc1ccccc1N1c2cc(C(N)=O)cc(-c3cccc(CN)c3)c2CN1CC1CC1. The van der Waals surface area contributed by atoms with Crippen molar-refractivity contribution in [3.05, 3.63) is 82.9 Å². The van der Waals surface area contributed by atoms with Crippen molar-refractivity contribution >= 4 is 23.3 Å². The Morgan fingerprint density at radius 1 is 1.03 bits per heavy atom. The summed E-state index contributed by atoms with van der Waals surface area (Å²) in [6.45, 7) is 4.18. The minimum absolute atomic E-state index is 0.175. The third kappa shape index (κ3) is 4.85. The number of esters is 1. The molecule has 0 bridgehead atoms. The fourth-order valence-corrected chi connectivity index (χ4v) is 4.94. The van der Waals surface area contributed by atoms with Crippen molar-refractivity contribution in [3.8, 4) is 11.1 Å². The Balaban J connectivity index is 1.67. The zero-order valence-electron chi connectivity index (χ0n) is 20.6. The summed E-state index contributed by atoms with van der Waals surface area (Å²) in [6.07, 6.45) is 2.60. The summed E-state index contributed by atoms with van der Waals surface area (Å²) in [5, 5.41) is 4.50. The van der Waals surface area contributed by atoms with Crippen LogP contribution in [0.1, 0.15) is 46.8 Å². The number of para-hydroxylation sites is 1. The zero-order valence-corrected chi connectivity index (χ0v) is 20.6. The van der Waals surface area contributed by atoms with Crippen LogP contribution in [0.5, 0.6) is 0 Å². The number of ether oxygens (including phenoxy) is 1. The van der Waals surface area contributed by atoms with Gasteiger partial charge in [-0.3, -0.25) is 14.6 Å². The first-order chi connectivity index (χ1) is 17.5. The third-order valence-electron chi connectivity index (χ3n) is 6.86. The number of anilines is 2. The zero-order chi connectivity index (χ0) is 25.2. The average Bonchev–Trinajstić information content (AvgIpc) is 3.62. The van der Waals surface area contributed by atoms with Crippen molar-refractivity contribution in [2.45, 2.75) is 39.3 Å². The molecule has 36 heavy (non-hydrogen) atoms. The average molecular weight is 485 g/mol. The third-order valence-corrected chi connectivity index (χ3v) is 6.86. The number of primary amides is 1. The smallest absolute Gasteiger partial charge is 0.310 e. The van der Waals surface area contributed by atoms with E-state index in [4.69, 9.17) is 16.2 Å². The van der Waals surface area contributed by atoms with Crippen molar-refractivity contribution in [1.29, 1.82) is 0 Å². The summed E-state index contributed by atoms with van der Waals surface area (Å²) < 4.78 is 5.24. The van der Waals surface area contributed by atoms with Crippen LogP contribution in [0, 0.1) is 5.92 Å². The minimum Gasteiger partial charge on any atom is -0.466 e. The Hall–Kier alpha value is -3.68. The summed E-state index contributed by atoms with van der Waals surface area (Å²) in [5.41, 5.74) is 19.0. The van der Waals surface area contributed by atoms with E-state index in [-0.39, 0.29) is 12.4 Å². The number of benzene rings is 3. The van der Waals surface area contributed by atoms with E-state index in [1.54, 1.807) is 0 Å². The van der Waals surface area contributed by atoms with Gasteiger partial charge >= 0.3 is 5.97 Å². The van der Waals surface area contributed by atoms with Gasteiger partial charge in [-0.15, -0.1) is 0 Å². The summed E-state index contributed by atoms with van der Waals surface area (Å²) in [5.74, 6) is -0.101. The van der Waals surface area contributed by atoms with Gasteiger partial charge in [-0.25, -0.2) is 5.01 Å². The molecule has 5 rings (SSSR count). The van der Waals surface area contributed by atoms with Crippen molar-refractivity contribution in [2.24, 2.45) is 17.4 Å². The summed E-state index contributed by atoms with van der Waals surface area (Å²) in [7, 11) is 0. The molecular formula is C29H32N4O3. The monoisotopic (exact) mass is 484 g/mol. The van der Waals surface area contributed by atoms with Crippen LogP contribution in [0.15, 0.2) is 60.7 Å². The molecule has 0 spiro atoms. The predicted molar refractivity (Wildman–Crippen MR) is 140 cm³/mol. The lowest BCUT2D eigenvalue weighted by molar-refractivity contribution is -0.142. The van der Waals surface area contributed by atoms with E-state index in [9.17, 15) is 9.59 Å². The van der Waals surface area contributed by atoms with E-state index < -0.39 is 5.91 Å². The molecule has 2 aliphatic rings. The maximum Gasteiger partial charge on any atom is 0.310 e. The number of nitrogens with two attached hydrogens (primary N) is 2. The molecule has 1 aliphatic heterocycles. The minimum atomic E-state index is -0.477. The standard InChI is InChI=1S/C29H32N4O3/c1-2-36-28(34)15-22-7-3-4-9-26(22)33-27-14-23(29(31)35)13-24(21-8-5-6-20(12-21)16-30)25(27)18-32(33)17-19-10-11-19/h3-9,12-14,19H,2,10-11,15-18,30H2,1H3,(H2,31,35). The maximum atomic E-state index is 12.4. The van der Waals surface area contributed by atoms with Crippen molar-refractivity contribution in [2.75, 3.05) is 18.2 Å². The molecule has 1 amide bonds. The first-order valence-electron chi connectivity index (χ1n) is 12.5. The van der Waals surface area contributed by atoms with E-state index in [1.807, 2.05) is 61.5 Å². The van der Waals surface area contributed by atoms with Crippen molar-refractivity contribution in [1.82, 2.24) is 5.01 Å². The second kappa shape index (κ2) is 10.1. The highest BCUT2D eigenvalue weighted by molar-refractivity contribution is 5.97. The van der Waals surface area contributed by atoms with E-state index in [0.717, 1.165) is 45.7 Å². The fourth-order valence-electron chi connectivity index (χ4n) is 4.94.